The van der Waals surface area contributed by atoms with Crippen LogP contribution in [-0.4, -0.2) is 46.4 Å². The molecule has 0 atom stereocenters. The first-order chi connectivity index (χ1) is 11.8. The Balaban J connectivity index is 1.39. The third-order valence-electron chi connectivity index (χ3n) is 5.19. The van der Waals surface area contributed by atoms with Gasteiger partial charge in [0.25, 0.3) is 0 Å². The fourth-order valence-electron chi connectivity index (χ4n) is 3.84. The fraction of sp³-hybridized carbons (Fsp3) is 0.556. The SMILES string of the molecule is COc1ccccc1CN1CCC(c2nnc3n2CCNC3)CC1. The molecule has 4 rings (SSSR count). The van der Waals surface area contributed by atoms with Gasteiger partial charge in [-0.05, 0) is 32.0 Å². The summed E-state index contributed by atoms with van der Waals surface area (Å²) in [6, 6.07) is 8.31. The summed E-state index contributed by atoms with van der Waals surface area (Å²) in [5.74, 6) is 3.81. The highest BCUT2D eigenvalue weighted by atomic mass is 16.5. The van der Waals surface area contributed by atoms with Crippen molar-refractivity contribution in [2.75, 3.05) is 26.7 Å². The van der Waals surface area contributed by atoms with Gasteiger partial charge in [0, 0.05) is 31.1 Å². The third kappa shape index (κ3) is 3.03. The number of nitrogens with one attached hydrogen (secondary N) is 1. The summed E-state index contributed by atoms with van der Waals surface area (Å²) in [5.41, 5.74) is 1.27. The quantitative estimate of drug-likeness (QED) is 0.927. The van der Waals surface area contributed by atoms with Gasteiger partial charge in [0.15, 0.2) is 0 Å². The number of benzene rings is 1. The number of aromatic nitrogens is 3. The molecule has 0 unspecified atom stereocenters. The summed E-state index contributed by atoms with van der Waals surface area (Å²) in [6.45, 7) is 6.02. The summed E-state index contributed by atoms with van der Waals surface area (Å²) in [4.78, 5) is 2.52. The van der Waals surface area contributed by atoms with Crippen LogP contribution < -0.4 is 10.1 Å². The minimum absolute atomic E-state index is 0.540. The van der Waals surface area contributed by atoms with E-state index >= 15 is 0 Å². The van der Waals surface area contributed by atoms with Crippen LogP contribution in [0.3, 0.4) is 0 Å². The van der Waals surface area contributed by atoms with E-state index in [0.717, 1.165) is 63.7 Å². The van der Waals surface area contributed by atoms with Gasteiger partial charge in [-0.25, -0.2) is 0 Å². The molecule has 1 saturated heterocycles. The van der Waals surface area contributed by atoms with Crippen molar-refractivity contribution in [3.8, 4) is 5.75 Å². The summed E-state index contributed by atoms with van der Waals surface area (Å²) >= 11 is 0. The number of hydrogen-bond donors (Lipinski definition) is 1. The molecular weight excluding hydrogens is 302 g/mol. The van der Waals surface area contributed by atoms with Crippen molar-refractivity contribution < 1.29 is 4.74 Å². The van der Waals surface area contributed by atoms with Crippen LogP contribution in [0.1, 0.15) is 36.0 Å². The van der Waals surface area contributed by atoms with Crippen LogP contribution in [0.25, 0.3) is 0 Å². The molecule has 6 heteroatoms. The van der Waals surface area contributed by atoms with E-state index in [2.05, 4.69) is 37.1 Å². The second-order valence-electron chi connectivity index (χ2n) is 6.67. The molecule has 2 aliphatic rings. The Morgan fingerprint density at radius 1 is 1.17 bits per heavy atom. The molecule has 1 aromatic carbocycles. The molecule has 6 nitrogen and oxygen atoms in total. The molecule has 0 amide bonds. The van der Waals surface area contributed by atoms with E-state index in [1.165, 1.54) is 11.4 Å². The Morgan fingerprint density at radius 2 is 2.00 bits per heavy atom. The molecule has 1 fully saturated rings. The maximum atomic E-state index is 5.47. The Hall–Kier alpha value is -1.92. The first kappa shape index (κ1) is 15.6. The van der Waals surface area contributed by atoms with Crippen molar-refractivity contribution in [3.05, 3.63) is 41.5 Å². The van der Waals surface area contributed by atoms with Crippen LogP contribution in [-0.2, 0) is 19.6 Å². The van der Waals surface area contributed by atoms with Gasteiger partial charge in [-0.2, -0.15) is 0 Å². The van der Waals surface area contributed by atoms with Gasteiger partial charge in [0.05, 0.1) is 13.7 Å². The topological polar surface area (TPSA) is 55.2 Å². The van der Waals surface area contributed by atoms with Crippen molar-refractivity contribution >= 4 is 0 Å². The van der Waals surface area contributed by atoms with E-state index in [-0.39, 0.29) is 0 Å². The number of nitrogens with zero attached hydrogens (tertiary/aromatic N) is 4. The van der Waals surface area contributed by atoms with Crippen molar-refractivity contribution in [2.24, 2.45) is 0 Å². The number of rotatable bonds is 4. The van der Waals surface area contributed by atoms with Gasteiger partial charge in [-0.15, -0.1) is 10.2 Å². The number of methoxy groups -OCH3 is 1. The highest BCUT2D eigenvalue weighted by molar-refractivity contribution is 5.33. The Kier molecular flexibility index (Phi) is 4.49. The second-order valence-corrected chi connectivity index (χ2v) is 6.67. The van der Waals surface area contributed by atoms with E-state index in [1.54, 1.807) is 7.11 Å². The van der Waals surface area contributed by atoms with E-state index in [0.29, 0.717) is 5.92 Å². The van der Waals surface area contributed by atoms with Crippen molar-refractivity contribution in [1.82, 2.24) is 25.0 Å². The highest BCUT2D eigenvalue weighted by Crippen LogP contribution is 2.29. The number of ether oxygens (including phenoxy) is 1. The van der Waals surface area contributed by atoms with Gasteiger partial charge < -0.3 is 14.6 Å². The molecule has 128 valence electrons. The molecule has 3 heterocycles. The molecule has 1 N–H and O–H groups in total. The molecule has 2 aliphatic heterocycles. The largest absolute Gasteiger partial charge is 0.496 e. The average molecular weight is 327 g/mol. The second kappa shape index (κ2) is 6.91. The summed E-state index contributed by atoms with van der Waals surface area (Å²) < 4.78 is 7.81. The maximum Gasteiger partial charge on any atom is 0.147 e. The van der Waals surface area contributed by atoms with Gasteiger partial charge in [0.2, 0.25) is 0 Å². The lowest BCUT2D eigenvalue weighted by molar-refractivity contribution is 0.197. The van der Waals surface area contributed by atoms with Crippen LogP contribution in [0.2, 0.25) is 0 Å². The predicted octanol–water partition coefficient (Wildman–Crippen LogP) is 1.77. The summed E-state index contributed by atoms with van der Waals surface area (Å²) in [7, 11) is 1.74. The molecule has 0 spiro atoms. The first-order valence-corrected chi connectivity index (χ1v) is 8.82. The number of fused-ring (bicyclic) bond motifs is 1. The van der Waals surface area contributed by atoms with Gasteiger partial charge in [0.1, 0.15) is 17.4 Å². The van der Waals surface area contributed by atoms with E-state index in [9.17, 15) is 0 Å². The molecule has 0 radical (unpaired) electrons. The maximum absolute atomic E-state index is 5.47. The molecule has 2 aromatic rings. The van der Waals surface area contributed by atoms with Crippen LogP contribution in [0.15, 0.2) is 24.3 Å². The van der Waals surface area contributed by atoms with Gasteiger partial charge in [-0.1, -0.05) is 18.2 Å². The Bertz CT molecular complexity index is 690. The fourth-order valence-corrected chi connectivity index (χ4v) is 3.84. The summed E-state index contributed by atoms with van der Waals surface area (Å²) in [5, 5.41) is 12.2. The number of hydrogen-bond acceptors (Lipinski definition) is 5. The van der Waals surface area contributed by atoms with E-state index < -0.39 is 0 Å². The van der Waals surface area contributed by atoms with Crippen LogP contribution in [0.4, 0.5) is 0 Å². The van der Waals surface area contributed by atoms with E-state index in [4.69, 9.17) is 4.74 Å². The molecule has 0 bridgehead atoms. The smallest absolute Gasteiger partial charge is 0.147 e. The lowest BCUT2D eigenvalue weighted by Crippen LogP contribution is -2.34. The summed E-state index contributed by atoms with van der Waals surface area (Å²) in [6.07, 6.45) is 2.31. The van der Waals surface area contributed by atoms with Crippen molar-refractivity contribution in [2.45, 2.75) is 38.4 Å². The van der Waals surface area contributed by atoms with Crippen molar-refractivity contribution in [3.63, 3.8) is 0 Å². The van der Waals surface area contributed by atoms with Crippen LogP contribution in [0, 0.1) is 0 Å². The minimum atomic E-state index is 0.540. The number of piperidine rings is 1. The predicted molar refractivity (Wildman–Crippen MR) is 92.0 cm³/mol. The normalized spacial score (nSPS) is 19.2. The monoisotopic (exact) mass is 327 g/mol. The minimum Gasteiger partial charge on any atom is -0.496 e. The Labute approximate surface area is 142 Å². The first-order valence-electron chi connectivity index (χ1n) is 8.82. The standard InChI is InChI=1S/C18H25N5O/c1-24-16-5-3-2-4-15(16)13-22-9-6-14(7-10-22)18-21-20-17-12-19-8-11-23(17)18/h2-5,14,19H,6-13H2,1H3. The molecule has 0 aliphatic carbocycles. The molecule has 1 aromatic heterocycles. The highest BCUT2D eigenvalue weighted by Gasteiger charge is 2.27. The van der Waals surface area contributed by atoms with Gasteiger partial charge >= 0.3 is 0 Å². The zero-order valence-corrected chi connectivity index (χ0v) is 14.2. The lowest BCUT2D eigenvalue weighted by Gasteiger charge is -2.32. The third-order valence-corrected chi connectivity index (χ3v) is 5.19. The lowest BCUT2D eigenvalue weighted by atomic mass is 9.95. The van der Waals surface area contributed by atoms with E-state index in [1.807, 2.05) is 12.1 Å². The van der Waals surface area contributed by atoms with Crippen LogP contribution in [0.5, 0.6) is 5.75 Å². The molecule has 24 heavy (non-hydrogen) atoms. The molecule has 0 saturated carbocycles. The number of likely N-dealkylation sites (tertiary alicyclic amines) is 1. The van der Waals surface area contributed by atoms with Gasteiger partial charge in [-0.3, -0.25) is 4.90 Å². The van der Waals surface area contributed by atoms with Crippen molar-refractivity contribution in [1.29, 1.82) is 0 Å². The van der Waals surface area contributed by atoms with Crippen LogP contribution >= 0.6 is 0 Å². The Morgan fingerprint density at radius 3 is 2.83 bits per heavy atom. The number of para-hydroxylation sites is 1. The zero-order valence-electron chi connectivity index (χ0n) is 14.2. The molecular formula is C18H25N5O. The average Bonchev–Trinajstić information content (AvgIpc) is 3.07. The zero-order chi connectivity index (χ0) is 16.4.